The summed E-state index contributed by atoms with van der Waals surface area (Å²) in [5, 5.41) is 3.34. The molecule has 2 aromatic carbocycles. The van der Waals surface area contributed by atoms with Crippen LogP contribution in [0.25, 0.3) is 10.2 Å². The zero-order valence-electron chi connectivity index (χ0n) is 17.9. The largest absolute Gasteiger partial charge is 0.373 e. The molecule has 1 amide bonds. The molecule has 2 heterocycles. The lowest BCUT2D eigenvalue weighted by molar-refractivity contribution is -0.0440. The number of hydrogen-bond donors (Lipinski definition) is 1. The topological polar surface area (TPSA) is 88.6 Å². The minimum Gasteiger partial charge on any atom is -0.373 e. The number of sulfonamides is 1. The Hall–Kier alpha value is -2.33. The van der Waals surface area contributed by atoms with Crippen LogP contribution < -0.4 is 5.32 Å². The summed E-state index contributed by atoms with van der Waals surface area (Å²) < 4.78 is 34.0. The van der Waals surface area contributed by atoms with Crippen LogP contribution in [0, 0.1) is 13.8 Å². The molecule has 3 aromatic rings. The first-order chi connectivity index (χ1) is 14.6. The van der Waals surface area contributed by atoms with Gasteiger partial charge in [0.25, 0.3) is 5.91 Å². The molecule has 1 aliphatic heterocycles. The third-order valence-electron chi connectivity index (χ3n) is 5.18. The van der Waals surface area contributed by atoms with E-state index in [1.165, 1.54) is 39.9 Å². The number of nitrogens with one attached hydrogen (secondary N) is 1. The number of thiazole rings is 1. The van der Waals surface area contributed by atoms with Crippen LogP contribution in [0.1, 0.15) is 35.3 Å². The van der Waals surface area contributed by atoms with Crippen LogP contribution in [0.3, 0.4) is 0 Å². The molecule has 1 fully saturated rings. The van der Waals surface area contributed by atoms with Crippen LogP contribution in [0.2, 0.25) is 0 Å². The highest BCUT2D eigenvalue weighted by atomic mass is 32.2. The lowest BCUT2D eigenvalue weighted by atomic mass is 10.1. The van der Waals surface area contributed by atoms with Gasteiger partial charge in [0.05, 0.1) is 27.3 Å². The van der Waals surface area contributed by atoms with E-state index in [1.807, 2.05) is 33.8 Å². The Morgan fingerprint density at radius 2 is 1.77 bits per heavy atom. The zero-order chi connectivity index (χ0) is 22.3. The summed E-state index contributed by atoms with van der Waals surface area (Å²) in [5.41, 5.74) is 3.46. The van der Waals surface area contributed by atoms with E-state index in [9.17, 15) is 13.2 Å². The van der Waals surface area contributed by atoms with Crippen LogP contribution in [0.15, 0.2) is 41.3 Å². The predicted molar refractivity (Wildman–Crippen MR) is 122 cm³/mol. The monoisotopic (exact) mass is 459 g/mol. The van der Waals surface area contributed by atoms with Gasteiger partial charge in [0, 0.05) is 18.7 Å². The number of ether oxygens (including phenoxy) is 1. The summed E-state index contributed by atoms with van der Waals surface area (Å²) >= 11 is 1.42. The number of amides is 1. The average Bonchev–Trinajstić information content (AvgIpc) is 3.10. The van der Waals surface area contributed by atoms with E-state index in [0.717, 1.165) is 21.3 Å². The van der Waals surface area contributed by atoms with Gasteiger partial charge in [-0.3, -0.25) is 10.1 Å². The third kappa shape index (κ3) is 4.50. The number of benzene rings is 2. The lowest BCUT2D eigenvalue weighted by Crippen LogP contribution is -2.48. The summed E-state index contributed by atoms with van der Waals surface area (Å²) in [6, 6.07) is 10.1. The van der Waals surface area contributed by atoms with Gasteiger partial charge < -0.3 is 4.74 Å². The summed E-state index contributed by atoms with van der Waals surface area (Å²) in [7, 11) is -3.64. The van der Waals surface area contributed by atoms with Gasteiger partial charge in [0.2, 0.25) is 10.0 Å². The maximum Gasteiger partial charge on any atom is 0.257 e. The third-order valence-corrected chi connectivity index (χ3v) is 8.15. The number of rotatable bonds is 4. The van der Waals surface area contributed by atoms with E-state index in [0.29, 0.717) is 23.8 Å². The molecule has 31 heavy (non-hydrogen) atoms. The SMILES string of the molecule is Cc1cc(C)c2sc(NC(=O)c3ccc(S(=O)(=O)N4C[C@@H](C)O[C@H](C)C4)cc3)nc2c1. The molecule has 1 aromatic heterocycles. The van der Waals surface area contributed by atoms with Crippen LogP contribution in [-0.2, 0) is 14.8 Å². The van der Waals surface area contributed by atoms with Crippen molar-refractivity contribution in [3.8, 4) is 0 Å². The van der Waals surface area contributed by atoms with Crippen molar-refractivity contribution in [1.29, 1.82) is 0 Å². The van der Waals surface area contributed by atoms with Crippen LogP contribution in [0.4, 0.5) is 5.13 Å². The average molecular weight is 460 g/mol. The number of anilines is 1. The maximum atomic E-state index is 13.0. The van der Waals surface area contributed by atoms with Gasteiger partial charge in [-0.1, -0.05) is 17.4 Å². The zero-order valence-corrected chi connectivity index (χ0v) is 19.5. The number of fused-ring (bicyclic) bond motifs is 1. The summed E-state index contributed by atoms with van der Waals surface area (Å²) in [4.78, 5) is 17.3. The highest BCUT2D eigenvalue weighted by Gasteiger charge is 2.32. The number of carbonyl (C=O) groups is 1. The van der Waals surface area contributed by atoms with Crippen molar-refractivity contribution < 1.29 is 17.9 Å². The van der Waals surface area contributed by atoms with Gasteiger partial charge in [0.1, 0.15) is 0 Å². The van der Waals surface area contributed by atoms with Gasteiger partial charge in [-0.2, -0.15) is 4.31 Å². The van der Waals surface area contributed by atoms with Crippen LogP contribution in [0.5, 0.6) is 0 Å². The van der Waals surface area contributed by atoms with Gasteiger partial charge in [0.15, 0.2) is 5.13 Å². The second kappa shape index (κ2) is 8.31. The van der Waals surface area contributed by atoms with Gasteiger partial charge in [-0.25, -0.2) is 13.4 Å². The van der Waals surface area contributed by atoms with Crippen molar-refractivity contribution in [3.63, 3.8) is 0 Å². The number of carbonyl (C=O) groups excluding carboxylic acids is 1. The molecule has 9 heteroatoms. The predicted octanol–water partition coefficient (Wildman–Crippen LogP) is 3.96. The molecule has 4 rings (SSSR count). The molecule has 0 bridgehead atoms. The molecule has 1 saturated heterocycles. The maximum absolute atomic E-state index is 13.0. The Kier molecular flexibility index (Phi) is 5.87. The Morgan fingerprint density at radius 3 is 2.42 bits per heavy atom. The van der Waals surface area contributed by atoms with Crippen molar-refractivity contribution in [2.75, 3.05) is 18.4 Å². The standard InChI is InChI=1S/C22H25N3O4S2/c1-13-9-14(2)20-19(10-13)23-22(30-20)24-21(26)17-5-7-18(8-6-17)31(27,28)25-11-15(3)29-16(4)12-25/h5-10,15-16H,11-12H2,1-4H3,(H,23,24,26)/t15-,16-/m1/s1. The number of hydrogen-bond acceptors (Lipinski definition) is 6. The van der Waals surface area contributed by atoms with E-state index in [1.54, 1.807) is 0 Å². The first-order valence-corrected chi connectivity index (χ1v) is 12.3. The van der Waals surface area contributed by atoms with Gasteiger partial charge >= 0.3 is 0 Å². The first kappa shape index (κ1) is 21.9. The van der Waals surface area contributed by atoms with Crippen molar-refractivity contribution in [2.45, 2.75) is 44.8 Å². The molecule has 1 aliphatic rings. The highest BCUT2D eigenvalue weighted by molar-refractivity contribution is 7.89. The van der Waals surface area contributed by atoms with Crippen LogP contribution >= 0.6 is 11.3 Å². The normalized spacial score (nSPS) is 20.1. The molecule has 0 radical (unpaired) electrons. The van der Waals surface area contributed by atoms with Gasteiger partial charge in [-0.05, 0) is 69.2 Å². The van der Waals surface area contributed by atoms with E-state index in [-0.39, 0.29) is 23.0 Å². The van der Waals surface area contributed by atoms with E-state index < -0.39 is 10.0 Å². The number of aromatic nitrogens is 1. The van der Waals surface area contributed by atoms with Crippen molar-refractivity contribution in [2.24, 2.45) is 0 Å². The molecule has 7 nitrogen and oxygen atoms in total. The Bertz CT molecular complexity index is 1230. The van der Waals surface area contributed by atoms with Crippen molar-refractivity contribution in [3.05, 3.63) is 53.1 Å². The molecular weight excluding hydrogens is 434 g/mol. The first-order valence-electron chi connectivity index (χ1n) is 10.1. The summed E-state index contributed by atoms with van der Waals surface area (Å²) in [6.45, 7) is 8.37. The fourth-order valence-corrected chi connectivity index (χ4v) is 6.35. The van der Waals surface area contributed by atoms with E-state index >= 15 is 0 Å². The van der Waals surface area contributed by atoms with Crippen molar-refractivity contribution in [1.82, 2.24) is 9.29 Å². The number of aryl methyl sites for hydroxylation is 2. The Morgan fingerprint density at radius 1 is 1.13 bits per heavy atom. The number of nitrogens with zero attached hydrogens (tertiary/aromatic N) is 2. The summed E-state index contributed by atoms with van der Waals surface area (Å²) in [5.74, 6) is -0.328. The summed E-state index contributed by atoms with van der Waals surface area (Å²) in [6.07, 6.45) is -0.324. The smallest absolute Gasteiger partial charge is 0.257 e. The van der Waals surface area contributed by atoms with Crippen LogP contribution in [-0.4, -0.2) is 48.9 Å². The quantitative estimate of drug-likeness (QED) is 0.638. The van der Waals surface area contributed by atoms with Crippen molar-refractivity contribution >= 4 is 42.6 Å². The number of morpholine rings is 1. The minimum atomic E-state index is -3.64. The molecule has 0 aliphatic carbocycles. The second-order valence-electron chi connectivity index (χ2n) is 8.01. The molecular formula is C22H25N3O4S2. The molecule has 0 unspecified atom stereocenters. The molecule has 2 atom stereocenters. The molecule has 164 valence electrons. The molecule has 1 N–H and O–H groups in total. The molecule has 0 saturated carbocycles. The highest BCUT2D eigenvalue weighted by Crippen LogP contribution is 2.30. The van der Waals surface area contributed by atoms with E-state index in [4.69, 9.17) is 4.74 Å². The fourth-order valence-electron chi connectivity index (χ4n) is 3.85. The molecule has 0 spiro atoms. The second-order valence-corrected chi connectivity index (χ2v) is 10.9. The fraction of sp³-hybridized carbons (Fsp3) is 0.364. The Labute approximate surface area is 186 Å². The lowest BCUT2D eigenvalue weighted by Gasteiger charge is -2.34. The van der Waals surface area contributed by atoms with Gasteiger partial charge in [-0.15, -0.1) is 0 Å². The minimum absolute atomic E-state index is 0.162. The van der Waals surface area contributed by atoms with E-state index in [2.05, 4.69) is 16.4 Å². The Balaban J connectivity index is 1.51.